The van der Waals surface area contributed by atoms with Gasteiger partial charge in [0.15, 0.2) is 5.82 Å². The smallest absolute Gasteiger partial charge is 0.349 e. The summed E-state index contributed by atoms with van der Waals surface area (Å²) >= 11 is 0. The van der Waals surface area contributed by atoms with Gasteiger partial charge in [-0.25, -0.2) is 13.6 Å². The summed E-state index contributed by atoms with van der Waals surface area (Å²) in [6, 6.07) is 6.73. The van der Waals surface area contributed by atoms with Crippen LogP contribution in [0.3, 0.4) is 0 Å². The average Bonchev–Trinajstić information content (AvgIpc) is 3.55. The predicted molar refractivity (Wildman–Crippen MR) is 162 cm³/mol. The normalized spacial score (nSPS) is 23.0. The summed E-state index contributed by atoms with van der Waals surface area (Å²) in [6.07, 6.45) is 9.39. The maximum absolute atomic E-state index is 14.6. The van der Waals surface area contributed by atoms with Crippen molar-refractivity contribution in [3.8, 4) is 35.4 Å². The van der Waals surface area contributed by atoms with Gasteiger partial charge in [-0.1, -0.05) is 12.0 Å². The lowest BCUT2D eigenvalue weighted by atomic mass is 9.94. The van der Waals surface area contributed by atoms with Crippen molar-refractivity contribution in [1.29, 1.82) is 0 Å². The van der Waals surface area contributed by atoms with Gasteiger partial charge in [0, 0.05) is 41.2 Å². The molecule has 0 amide bonds. The number of benzene rings is 2. The molecule has 4 aromatic rings. The minimum Gasteiger partial charge on any atom is -0.508 e. The van der Waals surface area contributed by atoms with Gasteiger partial charge in [-0.2, -0.15) is 9.97 Å². The summed E-state index contributed by atoms with van der Waals surface area (Å²) in [4.78, 5) is 26.6. The fourth-order valence-corrected chi connectivity index (χ4v) is 6.96. The van der Waals surface area contributed by atoms with Gasteiger partial charge in [-0.3, -0.25) is 4.90 Å². The lowest BCUT2D eigenvalue weighted by Gasteiger charge is -2.46. The molecule has 0 spiro atoms. The first-order valence-electron chi connectivity index (χ1n) is 14.6. The highest BCUT2D eigenvalue weighted by Crippen LogP contribution is 2.40. The quantitative estimate of drug-likeness (QED) is 0.304. The van der Waals surface area contributed by atoms with Crippen LogP contribution in [-0.2, 0) is 0 Å². The monoisotopic (exact) mass is 588 g/mol. The third kappa shape index (κ3) is 4.95. The first-order chi connectivity index (χ1) is 20.6. The van der Waals surface area contributed by atoms with Crippen LogP contribution in [-0.4, -0.2) is 64.5 Å². The number of phenolic OH excluding ortho intramolecular Hbond substituents is 1. The number of terminal acetylenes is 1. The van der Waals surface area contributed by atoms with E-state index < -0.39 is 17.6 Å². The Labute approximate surface area is 248 Å². The van der Waals surface area contributed by atoms with Gasteiger partial charge in [-0.15, -0.1) is 6.42 Å². The van der Waals surface area contributed by atoms with Crippen LogP contribution in [0.1, 0.15) is 50.7 Å². The third-order valence-electron chi connectivity index (χ3n) is 8.92. The van der Waals surface area contributed by atoms with Crippen LogP contribution in [0, 0.1) is 25.1 Å². The van der Waals surface area contributed by atoms with E-state index in [4.69, 9.17) is 15.6 Å². The van der Waals surface area contributed by atoms with Gasteiger partial charge >= 0.3 is 11.6 Å². The van der Waals surface area contributed by atoms with E-state index in [1.54, 1.807) is 6.92 Å². The number of nitrogens with zero attached hydrogens (tertiary/aromatic N) is 4. The number of rotatable bonds is 3. The maximum Gasteiger partial charge on any atom is 0.349 e. The molecule has 224 valence electrons. The molecule has 0 aliphatic carbocycles. The standard InChI is InChI=1S/C26H22FN3O4.C7H12FN/c1-6-17-19(27)8-7-15-10-16(31)11-18(20(15)17)23-14(4)22-21(25(32)34-23)24(29-26(28-22)33-5)30-12(2)9-13(30)3;8-6-4-7-2-1-3-9(7)5-6/h1,7-8,10-13,31H,9H2,2-5H3;6-7H,1-5H2. The summed E-state index contributed by atoms with van der Waals surface area (Å²) in [5, 5.41) is 11.5. The van der Waals surface area contributed by atoms with E-state index in [1.165, 1.54) is 44.2 Å². The molecule has 2 aromatic heterocycles. The van der Waals surface area contributed by atoms with E-state index in [9.17, 15) is 18.7 Å². The fourth-order valence-electron chi connectivity index (χ4n) is 6.96. The van der Waals surface area contributed by atoms with Gasteiger partial charge in [0.05, 0.1) is 18.2 Å². The van der Waals surface area contributed by atoms with E-state index in [0.29, 0.717) is 45.8 Å². The molecular weight excluding hydrogens is 554 g/mol. The molecule has 4 atom stereocenters. The summed E-state index contributed by atoms with van der Waals surface area (Å²) in [7, 11) is 1.46. The fraction of sp³-hybridized carbons (Fsp3) is 0.424. The highest BCUT2D eigenvalue weighted by molar-refractivity contribution is 6.03. The van der Waals surface area contributed by atoms with Crippen molar-refractivity contribution in [2.24, 2.45) is 0 Å². The minimum absolute atomic E-state index is 0.0128. The Morgan fingerprint density at radius 2 is 1.93 bits per heavy atom. The molecule has 0 bridgehead atoms. The van der Waals surface area contributed by atoms with Crippen LogP contribution in [0.15, 0.2) is 33.5 Å². The second-order valence-corrected chi connectivity index (χ2v) is 11.7. The Bertz CT molecular complexity index is 1810. The zero-order chi connectivity index (χ0) is 30.6. The van der Waals surface area contributed by atoms with Gasteiger partial charge in [0.2, 0.25) is 0 Å². The van der Waals surface area contributed by atoms with Crippen molar-refractivity contribution < 1.29 is 23.0 Å². The van der Waals surface area contributed by atoms with Crippen molar-refractivity contribution in [1.82, 2.24) is 14.9 Å². The van der Waals surface area contributed by atoms with E-state index in [-0.39, 0.29) is 40.6 Å². The summed E-state index contributed by atoms with van der Waals surface area (Å²) < 4.78 is 38.3. The zero-order valence-corrected chi connectivity index (χ0v) is 24.7. The topological polar surface area (TPSA) is 91.9 Å². The molecule has 0 radical (unpaired) electrons. The number of phenols is 1. The van der Waals surface area contributed by atoms with Gasteiger partial charge < -0.3 is 19.2 Å². The Morgan fingerprint density at radius 1 is 1.16 bits per heavy atom. The molecule has 4 unspecified atom stereocenters. The maximum atomic E-state index is 14.6. The number of aromatic hydroxyl groups is 1. The largest absolute Gasteiger partial charge is 0.508 e. The molecule has 8 nitrogen and oxygen atoms in total. The highest BCUT2D eigenvalue weighted by atomic mass is 19.1. The molecule has 43 heavy (non-hydrogen) atoms. The first-order valence-corrected chi connectivity index (χ1v) is 14.6. The minimum atomic E-state index is -0.644. The molecule has 3 fully saturated rings. The number of aromatic nitrogens is 2. The number of alkyl halides is 1. The lowest BCUT2D eigenvalue weighted by molar-refractivity contribution is 0.292. The number of hydrogen-bond donors (Lipinski definition) is 1. The van der Waals surface area contributed by atoms with Crippen molar-refractivity contribution in [2.45, 2.75) is 70.8 Å². The zero-order valence-electron chi connectivity index (χ0n) is 24.7. The van der Waals surface area contributed by atoms with Crippen molar-refractivity contribution in [2.75, 3.05) is 25.1 Å². The van der Waals surface area contributed by atoms with Crippen LogP contribution in [0.4, 0.5) is 14.6 Å². The van der Waals surface area contributed by atoms with Gasteiger partial charge in [-0.05, 0) is 76.6 Å². The van der Waals surface area contributed by atoms with E-state index in [2.05, 4.69) is 34.6 Å². The Balaban J connectivity index is 0.000000310. The lowest BCUT2D eigenvalue weighted by Crippen LogP contribution is -2.53. The van der Waals surface area contributed by atoms with Gasteiger partial charge in [0.25, 0.3) is 0 Å². The summed E-state index contributed by atoms with van der Waals surface area (Å²) in [5.41, 5.74) is 0.531. The molecule has 3 saturated heterocycles. The Hall–Kier alpha value is -4.23. The Morgan fingerprint density at radius 3 is 2.60 bits per heavy atom. The van der Waals surface area contributed by atoms with Crippen molar-refractivity contribution in [3.05, 3.63) is 51.6 Å². The number of fused-ring (bicyclic) bond motifs is 3. The number of ether oxygens (including phenoxy) is 1. The molecular formula is C33H34F2N4O4. The second-order valence-electron chi connectivity index (χ2n) is 11.7. The molecule has 0 saturated carbocycles. The van der Waals surface area contributed by atoms with Crippen molar-refractivity contribution >= 4 is 27.5 Å². The predicted octanol–water partition coefficient (Wildman–Crippen LogP) is 5.73. The number of halogens is 2. The van der Waals surface area contributed by atoms with Crippen LogP contribution in [0.25, 0.3) is 33.0 Å². The second kappa shape index (κ2) is 11.1. The van der Waals surface area contributed by atoms with Crippen molar-refractivity contribution in [3.63, 3.8) is 0 Å². The van der Waals surface area contributed by atoms with E-state index >= 15 is 0 Å². The Kier molecular flexibility index (Phi) is 7.46. The SMILES string of the molecule is C#Cc1c(F)ccc2cc(O)cc(-c3oc(=O)c4c(N5C(C)CC5C)nc(OC)nc4c3C)c12.FC1CC2CCCN2C1. The molecule has 10 heteroatoms. The molecule has 5 heterocycles. The van der Waals surface area contributed by atoms with Crippen LogP contribution >= 0.6 is 0 Å². The van der Waals surface area contributed by atoms with Gasteiger partial charge in [0.1, 0.15) is 28.9 Å². The molecule has 2 aromatic carbocycles. The third-order valence-corrected chi connectivity index (χ3v) is 8.92. The van der Waals surface area contributed by atoms with Crippen LogP contribution in [0.2, 0.25) is 0 Å². The molecule has 1 N–H and O–H groups in total. The number of methoxy groups -OCH3 is 1. The molecule has 3 aliphatic heterocycles. The first kappa shape index (κ1) is 28.9. The molecule has 7 rings (SSSR count). The summed E-state index contributed by atoms with van der Waals surface area (Å²) in [6.45, 7) is 7.70. The van der Waals surface area contributed by atoms with E-state index in [0.717, 1.165) is 19.4 Å². The highest BCUT2D eigenvalue weighted by Gasteiger charge is 2.36. The van der Waals surface area contributed by atoms with E-state index in [1.807, 2.05) is 4.90 Å². The summed E-state index contributed by atoms with van der Waals surface area (Å²) in [5.74, 6) is 2.30. The number of hydrogen-bond acceptors (Lipinski definition) is 8. The van der Waals surface area contributed by atoms with Crippen LogP contribution in [0.5, 0.6) is 11.8 Å². The average molecular weight is 589 g/mol. The number of aryl methyl sites for hydroxylation is 1. The number of anilines is 1. The van der Waals surface area contributed by atoms with Crippen LogP contribution < -0.4 is 15.3 Å². The molecule has 3 aliphatic rings.